The smallest absolute Gasteiger partial charge is 0.141 e. The molecule has 3 N–H and O–H groups in total. The maximum atomic E-state index is 7.27. The van der Waals surface area contributed by atoms with Crippen molar-refractivity contribution in [1.82, 2.24) is 4.98 Å². The molecule has 0 bridgehead atoms. The number of hydrogen-bond acceptors (Lipinski definition) is 3. The van der Waals surface area contributed by atoms with Crippen LogP contribution in [0.15, 0.2) is 18.3 Å². The molecule has 0 radical (unpaired) electrons. The average molecular weight is 221 g/mol. The fraction of sp³-hybridized carbons (Fsp3) is 0.500. The molecule has 1 aromatic heterocycles. The van der Waals surface area contributed by atoms with E-state index in [9.17, 15) is 0 Å². The highest BCUT2D eigenvalue weighted by atomic mass is 16.5. The van der Waals surface area contributed by atoms with E-state index in [1.807, 2.05) is 0 Å². The summed E-state index contributed by atoms with van der Waals surface area (Å²) in [5, 5.41) is 7.27. The van der Waals surface area contributed by atoms with E-state index in [2.05, 4.69) is 18.8 Å². The highest BCUT2D eigenvalue weighted by Crippen LogP contribution is 2.13. The van der Waals surface area contributed by atoms with E-state index in [1.165, 1.54) is 6.42 Å². The quantitative estimate of drug-likeness (QED) is 0.571. The minimum atomic E-state index is -0.0351. The van der Waals surface area contributed by atoms with E-state index in [0.717, 1.165) is 12.2 Å². The molecule has 4 nitrogen and oxygen atoms in total. The summed E-state index contributed by atoms with van der Waals surface area (Å²) < 4.78 is 5.62. The summed E-state index contributed by atoms with van der Waals surface area (Å²) in [6.07, 6.45) is 3.93. The second-order valence-electron chi connectivity index (χ2n) is 4.00. The molecule has 0 saturated carbocycles. The highest BCUT2D eigenvalue weighted by molar-refractivity contribution is 5.93. The predicted molar refractivity (Wildman–Crippen MR) is 64.8 cm³/mol. The zero-order chi connectivity index (χ0) is 12.0. The van der Waals surface area contributed by atoms with Gasteiger partial charge >= 0.3 is 0 Å². The van der Waals surface area contributed by atoms with Gasteiger partial charge in [0.2, 0.25) is 0 Å². The third kappa shape index (κ3) is 3.88. The van der Waals surface area contributed by atoms with E-state index in [0.29, 0.717) is 18.2 Å². The molecule has 4 heteroatoms. The van der Waals surface area contributed by atoms with Crippen LogP contribution < -0.4 is 10.5 Å². The first-order valence-electron chi connectivity index (χ1n) is 5.56. The van der Waals surface area contributed by atoms with Crippen LogP contribution in [-0.4, -0.2) is 17.4 Å². The van der Waals surface area contributed by atoms with E-state index in [-0.39, 0.29) is 5.84 Å². The van der Waals surface area contributed by atoms with Gasteiger partial charge in [0.05, 0.1) is 6.61 Å². The molecular weight excluding hydrogens is 202 g/mol. The van der Waals surface area contributed by atoms with Crippen molar-refractivity contribution in [3.05, 3.63) is 24.0 Å². The van der Waals surface area contributed by atoms with E-state index < -0.39 is 0 Å². The fourth-order valence-electron chi connectivity index (χ4n) is 1.46. The summed E-state index contributed by atoms with van der Waals surface area (Å²) in [5.74, 6) is 1.23. The number of nitrogens with two attached hydrogens (primary N) is 1. The molecule has 16 heavy (non-hydrogen) atoms. The molecule has 1 atom stereocenters. The third-order valence-electron chi connectivity index (χ3n) is 2.32. The van der Waals surface area contributed by atoms with Crippen LogP contribution in [0.5, 0.6) is 5.75 Å². The van der Waals surface area contributed by atoms with E-state index >= 15 is 0 Å². The van der Waals surface area contributed by atoms with Crippen molar-refractivity contribution in [2.75, 3.05) is 6.61 Å². The summed E-state index contributed by atoms with van der Waals surface area (Å²) in [5.41, 5.74) is 5.81. The van der Waals surface area contributed by atoms with Crippen molar-refractivity contribution in [1.29, 1.82) is 5.41 Å². The number of hydrogen-bond donors (Lipinski definition) is 2. The highest BCUT2D eigenvalue weighted by Gasteiger charge is 2.04. The first kappa shape index (κ1) is 12.5. The maximum absolute atomic E-state index is 7.27. The van der Waals surface area contributed by atoms with Crippen LogP contribution in [0.4, 0.5) is 0 Å². The van der Waals surface area contributed by atoms with Gasteiger partial charge in [0, 0.05) is 12.3 Å². The van der Waals surface area contributed by atoms with Gasteiger partial charge < -0.3 is 10.5 Å². The average Bonchev–Trinajstić information content (AvgIpc) is 2.27. The Hall–Kier alpha value is -1.58. The molecule has 0 aliphatic rings. The molecule has 1 unspecified atom stereocenters. The molecule has 0 aromatic carbocycles. The molecule has 0 fully saturated rings. The van der Waals surface area contributed by atoms with Crippen LogP contribution in [0, 0.1) is 11.3 Å². The van der Waals surface area contributed by atoms with Crippen molar-refractivity contribution in [2.45, 2.75) is 26.7 Å². The maximum Gasteiger partial charge on any atom is 0.141 e. The van der Waals surface area contributed by atoms with Crippen LogP contribution >= 0.6 is 0 Å². The minimum Gasteiger partial charge on any atom is -0.493 e. The van der Waals surface area contributed by atoms with Crippen molar-refractivity contribution < 1.29 is 4.74 Å². The van der Waals surface area contributed by atoms with Crippen LogP contribution in [0.1, 0.15) is 32.4 Å². The first-order valence-corrected chi connectivity index (χ1v) is 5.56. The Morgan fingerprint density at radius 1 is 1.62 bits per heavy atom. The zero-order valence-electron chi connectivity index (χ0n) is 9.86. The molecule has 1 heterocycles. The second kappa shape index (κ2) is 6.10. The summed E-state index contributed by atoms with van der Waals surface area (Å²) in [6.45, 7) is 5.02. The zero-order valence-corrected chi connectivity index (χ0v) is 9.86. The van der Waals surface area contributed by atoms with Crippen LogP contribution in [0.25, 0.3) is 0 Å². The number of nitrogen functional groups attached to an aromatic ring is 1. The van der Waals surface area contributed by atoms with Gasteiger partial charge in [0.25, 0.3) is 0 Å². The molecule has 0 aliphatic heterocycles. The first-order chi connectivity index (χ1) is 7.63. The van der Waals surface area contributed by atoms with Gasteiger partial charge in [-0.05, 0) is 18.4 Å². The number of nitrogens with one attached hydrogen (secondary N) is 1. The second-order valence-corrected chi connectivity index (χ2v) is 4.00. The van der Waals surface area contributed by atoms with Gasteiger partial charge in [-0.1, -0.05) is 20.3 Å². The van der Waals surface area contributed by atoms with Gasteiger partial charge in [-0.15, -0.1) is 0 Å². The van der Waals surface area contributed by atoms with Crippen molar-refractivity contribution in [2.24, 2.45) is 11.7 Å². The normalized spacial score (nSPS) is 12.1. The molecule has 88 valence electrons. The molecule has 0 amide bonds. The minimum absolute atomic E-state index is 0.0351. The van der Waals surface area contributed by atoms with Gasteiger partial charge in [-0.25, -0.2) is 0 Å². The van der Waals surface area contributed by atoms with E-state index in [1.54, 1.807) is 18.3 Å². The van der Waals surface area contributed by atoms with Gasteiger partial charge in [-0.2, -0.15) is 0 Å². The lowest BCUT2D eigenvalue weighted by Crippen LogP contribution is -2.14. The Kier molecular flexibility index (Phi) is 4.76. The largest absolute Gasteiger partial charge is 0.493 e. The Morgan fingerprint density at radius 3 is 3.00 bits per heavy atom. The number of pyridine rings is 1. The van der Waals surface area contributed by atoms with Crippen LogP contribution in [0.3, 0.4) is 0 Å². The lowest BCUT2D eigenvalue weighted by molar-refractivity contribution is 0.251. The lowest BCUT2D eigenvalue weighted by Gasteiger charge is -2.12. The van der Waals surface area contributed by atoms with Crippen LogP contribution in [0.2, 0.25) is 0 Å². The standard InChI is InChI=1S/C12H19N3O/c1-3-4-9(2)8-16-10-5-6-15-11(7-10)12(13)14/h5-7,9H,3-4,8H2,1-2H3,(H3,13,14). The van der Waals surface area contributed by atoms with Gasteiger partial charge in [0.1, 0.15) is 17.3 Å². The number of nitrogens with zero attached hydrogens (tertiary/aromatic N) is 1. The van der Waals surface area contributed by atoms with Gasteiger partial charge in [0.15, 0.2) is 0 Å². The monoisotopic (exact) mass is 221 g/mol. The Morgan fingerprint density at radius 2 is 2.38 bits per heavy atom. The van der Waals surface area contributed by atoms with Crippen molar-refractivity contribution in [3.63, 3.8) is 0 Å². The van der Waals surface area contributed by atoms with Gasteiger partial charge in [-0.3, -0.25) is 10.4 Å². The number of rotatable bonds is 6. The summed E-state index contributed by atoms with van der Waals surface area (Å²) in [7, 11) is 0. The molecule has 1 aromatic rings. The molecule has 1 rings (SSSR count). The molecule has 0 aliphatic carbocycles. The molecule has 0 saturated heterocycles. The molecule has 0 spiro atoms. The van der Waals surface area contributed by atoms with Crippen molar-refractivity contribution >= 4 is 5.84 Å². The fourth-order valence-corrected chi connectivity index (χ4v) is 1.46. The van der Waals surface area contributed by atoms with E-state index in [4.69, 9.17) is 15.9 Å². The van der Waals surface area contributed by atoms with Crippen molar-refractivity contribution in [3.8, 4) is 5.75 Å². The summed E-state index contributed by atoms with van der Waals surface area (Å²) in [4.78, 5) is 3.97. The summed E-state index contributed by atoms with van der Waals surface area (Å²) in [6, 6.07) is 3.48. The lowest BCUT2D eigenvalue weighted by atomic mass is 10.1. The number of ether oxygens (including phenoxy) is 1. The topological polar surface area (TPSA) is 72.0 Å². The third-order valence-corrected chi connectivity index (χ3v) is 2.32. The SMILES string of the molecule is CCCC(C)COc1ccnc(C(=N)N)c1. The van der Waals surface area contributed by atoms with Crippen LogP contribution in [-0.2, 0) is 0 Å². The number of amidine groups is 1. The Labute approximate surface area is 96.3 Å². The number of aromatic nitrogens is 1. The Bertz CT molecular complexity index is 352. The molecular formula is C12H19N3O. The Balaban J connectivity index is 2.54. The summed E-state index contributed by atoms with van der Waals surface area (Å²) >= 11 is 0. The predicted octanol–water partition coefficient (Wildman–Crippen LogP) is 2.18.